The Balaban J connectivity index is 1.26. The summed E-state index contributed by atoms with van der Waals surface area (Å²) < 4.78 is 5.49. The summed E-state index contributed by atoms with van der Waals surface area (Å²) in [4.78, 5) is 28.7. The molecule has 1 aromatic rings. The molecule has 6 heteroatoms. The van der Waals surface area contributed by atoms with Crippen LogP contribution in [0.3, 0.4) is 0 Å². The lowest BCUT2D eigenvalue weighted by molar-refractivity contribution is -0.142. The zero-order valence-electron chi connectivity index (χ0n) is 16.1. The lowest BCUT2D eigenvalue weighted by Gasteiger charge is -2.36. The minimum absolute atomic E-state index is 0.0147. The van der Waals surface area contributed by atoms with Gasteiger partial charge in [0.05, 0.1) is 0 Å². The molecule has 1 aliphatic carbocycles. The van der Waals surface area contributed by atoms with Crippen LogP contribution in [0.5, 0.6) is 0 Å². The molecule has 6 nitrogen and oxygen atoms in total. The van der Waals surface area contributed by atoms with Gasteiger partial charge in [0.15, 0.2) is 0 Å². The van der Waals surface area contributed by atoms with Crippen LogP contribution in [0.4, 0.5) is 4.79 Å². The summed E-state index contributed by atoms with van der Waals surface area (Å²) in [5.74, 6) is 0.0871. The minimum Gasteiger partial charge on any atom is -0.368 e. The summed E-state index contributed by atoms with van der Waals surface area (Å²) in [6.07, 6.45) is 3.76. The molecule has 146 valence electrons. The Hall–Kier alpha value is -2.08. The zero-order chi connectivity index (χ0) is 18.9. The van der Waals surface area contributed by atoms with Crippen LogP contribution in [0.1, 0.15) is 36.8 Å². The Morgan fingerprint density at radius 2 is 1.85 bits per heavy atom. The Bertz CT molecular complexity index is 702. The van der Waals surface area contributed by atoms with E-state index in [1.165, 1.54) is 11.1 Å². The van der Waals surface area contributed by atoms with E-state index in [9.17, 15) is 9.59 Å². The van der Waals surface area contributed by atoms with E-state index in [-0.39, 0.29) is 23.5 Å². The predicted molar refractivity (Wildman–Crippen MR) is 103 cm³/mol. The van der Waals surface area contributed by atoms with Crippen LogP contribution in [-0.4, -0.2) is 67.2 Å². The van der Waals surface area contributed by atoms with Gasteiger partial charge in [-0.25, -0.2) is 4.79 Å². The number of benzene rings is 1. The van der Waals surface area contributed by atoms with Gasteiger partial charge in [0.1, 0.15) is 6.10 Å². The molecule has 2 heterocycles. The first-order valence-corrected chi connectivity index (χ1v) is 10.1. The van der Waals surface area contributed by atoms with Gasteiger partial charge in [-0.15, -0.1) is 0 Å². The number of amides is 3. The third-order valence-electron chi connectivity index (χ3n) is 6.23. The number of rotatable bonds is 4. The van der Waals surface area contributed by atoms with E-state index in [1.54, 1.807) is 0 Å². The van der Waals surface area contributed by atoms with Crippen LogP contribution in [0, 0.1) is 6.92 Å². The Morgan fingerprint density at radius 1 is 1.15 bits per heavy atom. The van der Waals surface area contributed by atoms with Gasteiger partial charge in [0.25, 0.3) is 5.91 Å². The van der Waals surface area contributed by atoms with Crippen molar-refractivity contribution in [3.63, 3.8) is 0 Å². The number of nitrogens with one attached hydrogen (secondary N) is 1. The smallest absolute Gasteiger partial charge is 0.317 e. The molecule has 3 fully saturated rings. The van der Waals surface area contributed by atoms with E-state index in [0.29, 0.717) is 39.3 Å². The van der Waals surface area contributed by atoms with Crippen LogP contribution >= 0.6 is 0 Å². The molecular formula is C21H29N3O3. The molecule has 0 aromatic heterocycles. The van der Waals surface area contributed by atoms with Gasteiger partial charge in [-0.05, 0) is 43.7 Å². The molecule has 1 saturated carbocycles. The number of nitrogens with zero attached hydrogens (tertiary/aromatic N) is 2. The molecule has 4 rings (SSSR count). The maximum Gasteiger partial charge on any atom is 0.317 e. The fourth-order valence-electron chi connectivity index (χ4n) is 4.32. The predicted octanol–water partition coefficient (Wildman–Crippen LogP) is 2.06. The highest BCUT2D eigenvalue weighted by atomic mass is 16.5. The van der Waals surface area contributed by atoms with Crippen molar-refractivity contribution in [3.05, 3.63) is 35.4 Å². The molecule has 3 aliphatic rings. The Morgan fingerprint density at radius 3 is 2.48 bits per heavy atom. The maximum absolute atomic E-state index is 12.6. The van der Waals surface area contributed by atoms with Crippen LogP contribution in [0.15, 0.2) is 24.3 Å². The van der Waals surface area contributed by atoms with Gasteiger partial charge in [-0.1, -0.05) is 24.3 Å². The Kier molecular flexibility index (Phi) is 5.08. The monoisotopic (exact) mass is 371 g/mol. The number of carbonyl (C=O) groups excluding carboxylic acids is 2. The highest BCUT2D eigenvalue weighted by molar-refractivity contribution is 5.81. The SMILES string of the molecule is Cc1ccccc1C1(CNC(=O)N2CCN(C(=O)C3CCCO3)CC2)CC1. The number of ether oxygens (including phenoxy) is 1. The van der Waals surface area contributed by atoms with Gasteiger partial charge in [0.2, 0.25) is 0 Å². The van der Waals surface area contributed by atoms with Crippen molar-refractivity contribution in [2.24, 2.45) is 0 Å². The summed E-state index contributed by atoms with van der Waals surface area (Å²) in [6.45, 7) is 5.86. The van der Waals surface area contributed by atoms with Crippen molar-refractivity contribution in [1.29, 1.82) is 0 Å². The Labute approximate surface area is 160 Å². The number of hydrogen-bond acceptors (Lipinski definition) is 3. The topological polar surface area (TPSA) is 61.9 Å². The van der Waals surface area contributed by atoms with E-state index in [0.717, 1.165) is 25.7 Å². The highest BCUT2D eigenvalue weighted by Gasteiger charge is 2.45. The first kappa shape index (κ1) is 18.3. The van der Waals surface area contributed by atoms with Crippen molar-refractivity contribution in [3.8, 4) is 0 Å². The van der Waals surface area contributed by atoms with E-state index < -0.39 is 0 Å². The molecule has 27 heavy (non-hydrogen) atoms. The van der Waals surface area contributed by atoms with Crippen molar-refractivity contribution < 1.29 is 14.3 Å². The molecule has 2 aliphatic heterocycles. The minimum atomic E-state index is -0.269. The first-order chi connectivity index (χ1) is 13.1. The normalized spacial score (nSPS) is 24.0. The van der Waals surface area contributed by atoms with E-state index >= 15 is 0 Å². The molecule has 0 spiro atoms. The molecule has 2 saturated heterocycles. The number of urea groups is 1. The summed E-state index contributed by atoms with van der Waals surface area (Å²) in [5.41, 5.74) is 2.77. The standard InChI is InChI=1S/C21H29N3O3/c1-16-5-2-3-6-17(16)21(8-9-21)15-22-20(26)24-12-10-23(11-13-24)19(25)18-7-4-14-27-18/h2-3,5-6,18H,4,7-15H2,1H3,(H,22,26). The molecule has 1 aromatic carbocycles. The van der Waals surface area contributed by atoms with Gasteiger partial charge >= 0.3 is 6.03 Å². The number of piperazine rings is 1. The quantitative estimate of drug-likeness (QED) is 0.881. The zero-order valence-corrected chi connectivity index (χ0v) is 16.1. The molecule has 1 N–H and O–H groups in total. The third-order valence-corrected chi connectivity index (χ3v) is 6.23. The average molecular weight is 371 g/mol. The number of carbonyl (C=O) groups is 2. The van der Waals surface area contributed by atoms with Crippen molar-refractivity contribution >= 4 is 11.9 Å². The van der Waals surface area contributed by atoms with Crippen LogP contribution in [-0.2, 0) is 14.9 Å². The van der Waals surface area contributed by atoms with Gasteiger partial charge in [-0.3, -0.25) is 4.79 Å². The first-order valence-electron chi connectivity index (χ1n) is 10.1. The lowest BCUT2D eigenvalue weighted by Crippen LogP contribution is -2.55. The van der Waals surface area contributed by atoms with E-state index in [4.69, 9.17) is 4.74 Å². The van der Waals surface area contributed by atoms with E-state index in [2.05, 4.69) is 36.5 Å². The molecule has 1 unspecified atom stereocenters. The van der Waals surface area contributed by atoms with Crippen molar-refractivity contribution in [2.75, 3.05) is 39.3 Å². The second kappa shape index (κ2) is 7.50. The fourth-order valence-corrected chi connectivity index (χ4v) is 4.32. The lowest BCUT2D eigenvalue weighted by atomic mass is 9.92. The summed E-state index contributed by atoms with van der Waals surface area (Å²) in [5, 5.41) is 3.14. The van der Waals surface area contributed by atoms with Gasteiger partial charge in [-0.2, -0.15) is 0 Å². The molecule has 0 bridgehead atoms. The number of aryl methyl sites for hydroxylation is 1. The molecule has 1 atom stereocenters. The van der Waals surface area contributed by atoms with Crippen LogP contribution in [0.25, 0.3) is 0 Å². The van der Waals surface area contributed by atoms with Crippen LogP contribution in [0.2, 0.25) is 0 Å². The summed E-state index contributed by atoms with van der Waals surface area (Å²) in [6, 6.07) is 8.45. The van der Waals surface area contributed by atoms with Gasteiger partial charge in [0, 0.05) is 44.7 Å². The molecule has 0 radical (unpaired) electrons. The third kappa shape index (κ3) is 3.81. The van der Waals surface area contributed by atoms with Gasteiger partial charge < -0.3 is 19.9 Å². The average Bonchev–Trinajstić information content (AvgIpc) is 3.28. The molecular weight excluding hydrogens is 342 g/mol. The largest absolute Gasteiger partial charge is 0.368 e. The summed E-state index contributed by atoms with van der Waals surface area (Å²) in [7, 11) is 0. The highest BCUT2D eigenvalue weighted by Crippen LogP contribution is 2.48. The maximum atomic E-state index is 12.6. The molecule has 3 amide bonds. The van der Waals surface area contributed by atoms with Crippen molar-refractivity contribution in [1.82, 2.24) is 15.1 Å². The second-order valence-electron chi connectivity index (χ2n) is 8.07. The summed E-state index contributed by atoms with van der Waals surface area (Å²) >= 11 is 0. The van der Waals surface area contributed by atoms with Crippen molar-refractivity contribution in [2.45, 2.75) is 44.1 Å². The van der Waals surface area contributed by atoms with Crippen LogP contribution < -0.4 is 5.32 Å². The number of hydrogen-bond donors (Lipinski definition) is 1. The second-order valence-corrected chi connectivity index (χ2v) is 8.07. The van der Waals surface area contributed by atoms with E-state index in [1.807, 2.05) is 9.80 Å². The fraction of sp³-hybridized carbons (Fsp3) is 0.619.